The molecule has 0 spiro atoms. The molecule has 1 aromatic heterocycles. The van der Waals surface area contributed by atoms with E-state index in [9.17, 15) is 4.79 Å². The maximum atomic E-state index is 13.2. The smallest absolute Gasteiger partial charge is 0.220 e. The SMILES string of the molecule is Cc1ccc(Cn2cc(C(CC(=O)NCCN3CCCC3)c3cccc(Cl)c3)c3ccccc32)cc1. The van der Waals surface area contributed by atoms with Crippen molar-refractivity contribution >= 4 is 28.4 Å². The molecule has 1 amide bonds. The van der Waals surface area contributed by atoms with Gasteiger partial charge in [-0.25, -0.2) is 0 Å². The molecule has 0 bridgehead atoms. The van der Waals surface area contributed by atoms with E-state index >= 15 is 0 Å². The second-order valence-corrected chi connectivity index (χ2v) is 10.4. The van der Waals surface area contributed by atoms with Gasteiger partial charge in [-0.15, -0.1) is 0 Å². The summed E-state index contributed by atoms with van der Waals surface area (Å²) >= 11 is 6.40. The second kappa shape index (κ2) is 11.3. The molecule has 1 unspecified atom stereocenters. The topological polar surface area (TPSA) is 37.3 Å². The lowest BCUT2D eigenvalue weighted by molar-refractivity contribution is -0.121. The monoisotopic (exact) mass is 499 g/mol. The average molecular weight is 500 g/mol. The van der Waals surface area contributed by atoms with Crippen LogP contribution in [0.15, 0.2) is 79.0 Å². The molecule has 1 atom stereocenters. The Morgan fingerprint density at radius 1 is 1.00 bits per heavy atom. The molecule has 0 saturated carbocycles. The van der Waals surface area contributed by atoms with Crippen molar-refractivity contribution in [2.45, 2.75) is 38.6 Å². The summed E-state index contributed by atoms with van der Waals surface area (Å²) < 4.78 is 2.30. The van der Waals surface area contributed by atoms with Crippen molar-refractivity contribution in [3.05, 3.63) is 106 Å². The van der Waals surface area contributed by atoms with Gasteiger partial charge in [0.05, 0.1) is 0 Å². The zero-order valence-corrected chi connectivity index (χ0v) is 21.7. The van der Waals surface area contributed by atoms with Crippen molar-refractivity contribution < 1.29 is 4.79 Å². The van der Waals surface area contributed by atoms with Gasteiger partial charge in [-0.1, -0.05) is 71.8 Å². The van der Waals surface area contributed by atoms with Crippen LogP contribution < -0.4 is 5.32 Å². The number of fused-ring (bicyclic) bond motifs is 1. The molecular weight excluding hydrogens is 466 g/mol. The van der Waals surface area contributed by atoms with Crippen molar-refractivity contribution in [3.63, 3.8) is 0 Å². The molecule has 0 radical (unpaired) electrons. The first-order chi connectivity index (χ1) is 17.6. The number of hydrogen-bond donors (Lipinski definition) is 1. The fraction of sp³-hybridized carbons (Fsp3) is 0.323. The Morgan fingerprint density at radius 3 is 2.56 bits per heavy atom. The molecule has 2 heterocycles. The maximum Gasteiger partial charge on any atom is 0.220 e. The largest absolute Gasteiger partial charge is 0.355 e. The Kier molecular flexibility index (Phi) is 7.74. The normalized spacial score (nSPS) is 14.8. The molecule has 1 fully saturated rings. The van der Waals surface area contributed by atoms with Crippen molar-refractivity contribution in [3.8, 4) is 0 Å². The number of benzene rings is 3. The van der Waals surface area contributed by atoms with Gasteiger partial charge in [0.15, 0.2) is 0 Å². The van der Waals surface area contributed by atoms with Gasteiger partial charge in [-0.2, -0.15) is 0 Å². The third-order valence-corrected chi connectivity index (χ3v) is 7.49. The van der Waals surface area contributed by atoms with Crippen LogP contribution in [-0.2, 0) is 11.3 Å². The highest BCUT2D eigenvalue weighted by molar-refractivity contribution is 6.30. The summed E-state index contributed by atoms with van der Waals surface area (Å²) in [5.74, 6) is -0.00538. The first kappa shape index (κ1) is 24.6. The van der Waals surface area contributed by atoms with Gasteiger partial charge in [-0.3, -0.25) is 4.79 Å². The van der Waals surface area contributed by atoms with E-state index in [4.69, 9.17) is 11.6 Å². The van der Waals surface area contributed by atoms with Crippen LogP contribution in [-0.4, -0.2) is 41.6 Å². The molecule has 3 aromatic carbocycles. The number of carbonyl (C=O) groups excluding carboxylic acids is 1. The van der Waals surface area contributed by atoms with E-state index in [0.717, 1.165) is 37.3 Å². The quantitative estimate of drug-likeness (QED) is 0.290. The van der Waals surface area contributed by atoms with E-state index in [1.54, 1.807) is 0 Å². The van der Waals surface area contributed by atoms with Crippen LogP contribution in [0.1, 0.15) is 47.4 Å². The van der Waals surface area contributed by atoms with E-state index in [2.05, 4.69) is 82.5 Å². The number of amides is 1. The van der Waals surface area contributed by atoms with E-state index in [1.165, 1.54) is 34.9 Å². The van der Waals surface area contributed by atoms with E-state index < -0.39 is 0 Å². The van der Waals surface area contributed by atoms with Gasteiger partial charge < -0.3 is 14.8 Å². The van der Waals surface area contributed by atoms with Crippen LogP contribution in [0.4, 0.5) is 0 Å². The molecule has 0 aliphatic carbocycles. The summed E-state index contributed by atoms with van der Waals surface area (Å²) in [5, 5.41) is 5.04. The molecule has 4 nitrogen and oxygen atoms in total. The van der Waals surface area contributed by atoms with Crippen LogP contribution in [0.2, 0.25) is 5.02 Å². The number of para-hydroxylation sites is 1. The molecule has 1 saturated heterocycles. The number of likely N-dealkylation sites (tertiary alicyclic amines) is 1. The zero-order valence-electron chi connectivity index (χ0n) is 20.9. The Balaban J connectivity index is 1.44. The number of nitrogens with one attached hydrogen (secondary N) is 1. The Bertz CT molecular complexity index is 1320. The summed E-state index contributed by atoms with van der Waals surface area (Å²) in [5.41, 5.74) is 5.92. The first-order valence-corrected chi connectivity index (χ1v) is 13.3. The van der Waals surface area contributed by atoms with Gasteiger partial charge in [0.2, 0.25) is 5.91 Å². The number of aryl methyl sites for hydroxylation is 1. The first-order valence-electron chi connectivity index (χ1n) is 12.9. The van der Waals surface area contributed by atoms with Crippen molar-refractivity contribution in [2.75, 3.05) is 26.2 Å². The number of carbonyl (C=O) groups is 1. The Hall–Kier alpha value is -3.08. The van der Waals surface area contributed by atoms with E-state index in [-0.39, 0.29) is 11.8 Å². The molecule has 5 heteroatoms. The summed E-state index contributed by atoms with van der Waals surface area (Å²) in [6.45, 7) is 6.78. The van der Waals surface area contributed by atoms with Crippen molar-refractivity contribution in [1.29, 1.82) is 0 Å². The fourth-order valence-corrected chi connectivity index (χ4v) is 5.52. The Labute approximate surface area is 218 Å². The van der Waals surface area contributed by atoms with Gasteiger partial charge in [-0.05, 0) is 67.7 Å². The van der Waals surface area contributed by atoms with E-state index in [1.807, 2.05) is 18.2 Å². The predicted molar refractivity (Wildman–Crippen MR) is 149 cm³/mol. The van der Waals surface area contributed by atoms with Gasteiger partial charge in [0.25, 0.3) is 0 Å². The maximum absolute atomic E-state index is 13.2. The number of aromatic nitrogens is 1. The molecule has 1 aliphatic heterocycles. The summed E-state index contributed by atoms with van der Waals surface area (Å²) in [7, 11) is 0. The lowest BCUT2D eigenvalue weighted by Gasteiger charge is -2.19. The predicted octanol–water partition coefficient (Wildman–Crippen LogP) is 6.39. The lowest BCUT2D eigenvalue weighted by Crippen LogP contribution is -2.34. The van der Waals surface area contributed by atoms with Crippen molar-refractivity contribution in [1.82, 2.24) is 14.8 Å². The van der Waals surface area contributed by atoms with Crippen LogP contribution in [0.5, 0.6) is 0 Å². The minimum Gasteiger partial charge on any atom is -0.355 e. The standard InChI is InChI=1S/C31H34ClN3O/c1-23-11-13-24(14-12-23)21-35-22-29(27-9-2-3-10-30(27)35)28(25-7-6-8-26(32)19-25)20-31(36)33-15-18-34-16-4-5-17-34/h2-3,6-14,19,22,28H,4-5,15-18,20-21H2,1H3,(H,33,36). The van der Waals surface area contributed by atoms with Crippen LogP contribution in [0.3, 0.4) is 0 Å². The molecule has 5 rings (SSSR count). The Morgan fingerprint density at radius 2 is 1.78 bits per heavy atom. The molecule has 1 N–H and O–H groups in total. The van der Waals surface area contributed by atoms with Crippen LogP contribution in [0, 0.1) is 6.92 Å². The number of halogens is 1. The van der Waals surface area contributed by atoms with E-state index in [0.29, 0.717) is 18.0 Å². The number of nitrogens with zero attached hydrogens (tertiary/aromatic N) is 2. The van der Waals surface area contributed by atoms with Crippen LogP contribution in [0.25, 0.3) is 10.9 Å². The second-order valence-electron chi connectivity index (χ2n) is 9.93. The van der Waals surface area contributed by atoms with Gasteiger partial charge >= 0.3 is 0 Å². The summed E-state index contributed by atoms with van der Waals surface area (Å²) in [4.78, 5) is 15.6. The number of hydrogen-bond acceptors (Lipinski definition) is 2. The fourth-order valence-electron chi connectivity index (χ4n) is 5.32. The van der Waals surface area contributed by atoms with Crippen molar-refractivity contribution in [2.24, 2.45) is 0 Å². The molecule has 36 heavy (non-hydrogen) atoms. The van der Waals surface area contributed by atoms with Gasteiger partial charge in [0.1, 0.15) is 0 Å². The third kappa shape index (κ3) is 5.83. The molecule has 186 valence electrons. The third-order valence-electron chi connectivity index (χ3n) is 7.26. The minimum absolute atomic E-state index is 0.0783. The average Bonchev–Trinajstić information content (AvgIpc) is 3.52. The highest BCUT2D eigenvalue weighted by atomic mass is 35.5. The van der Waals surface area contributed by atoms with Gasteiger partial charge in [0, 0.05) is 54.1 Å². The highest BCUT2D eigenvalue weighted by Gasteiger charge is 2.23. The molecule has 4 aromatic rings. The molecule has 1 aliphatic rings. The summed E-state index contributed by atoms with van der Waals surface area (Å²) in [6, 6.07) is 25.1. The molecular formula is C31H34ClN3O. The lowest BCUT2D eigenvalue weighted by atomic mass is 9.88. The summed E-state index contributed by atoms with van der Waals surface area (Å²) in [6.07, 6.45) is 5.14. The zero-order chi connectivity index (χ0) is 24.9. The minimum atomic E-state index is -0.0837. The number of rotatable bonds is 9. The highest BCUT2D eigenvalue weighted by Crippen LogP contribution is 2.36. The van der Waals surface area contributed by atoms with Crippen LogP contribution >= 0.6 is 11.6 Å².